The fourth-order valence-corrected chi connectivity index (χ4v) is 3.09. The molecule has 0 saturated carbocycles. The summed E-state index contributed by atoms with van der Waals surface area (Å²) >= 11 is 1.51. The fraction of sp³-hybridized carbons (Fsp3) is 0.150. The summed E-state index contributed by atoms with van der Waals surface area (Å²) in [7, 11) is 0. The van der Waals surface area contributed by atoms with E-state index in [1.54, 1.807) is 31.2 Å². The number of carbonyl (C=O) groups is 2. The van der Waals surface area contributed by atoms with Gasteiger partial charge in [0.05, 0.1) is 17.9 Å². The number of amides is 1. The smallest absolute Gasteiger partial charge is 0.411 e. The largest absolute Gasteiger partial charge is 0.456 e. The Morgan fingerprint density at radius 3 is 2.48 bits per heavy atom. The van der Waals surface area contributed by atoms with Crippen molar-refractivity contribution in [3.05, 3.63) is 71.2 Å². The quantitative estimate of drug-likeness (QED) is 0.623. The van der Waals surface area contributed by atoms with Crippen LogP contribution in [-0.4, -0.2) is 23.7 Å². The third-order valence-electron chi connectivity index (χ3n) is 3.57. The van der Waals surface area contributed by atoms with Gasteiger partial charge in [0.1, 0.15) is 11.6 Å². The second-order valence-corrected chi connectivity index (χ2v) is 6.37. The standard InChI is InChI=1S/C20H18N2O4S/c1-2-25-20(24)22-16-10-8-15(9-11-16)19(23)26-12-17-13-27-18(21-17)14-6-4-3-5-7-14/h3-11,13H,2,12H2,1H3,(H,22,24). The van der Waals surface area contributed by atoms with Crippen molar-refractivity contribution >= 4 is 29.1 Å². The van der Waals surface area contributed by atoms with Gasteiger partial charge in [-0.3, -0.25) is 5.32 Å². The van der Waals surface area contributed by atoms with E-state index in [9.17, 15) is 9.59 Å². The van der Waals surface area contributed by atoms with Gasteiger partial charge in [0.25, 0.3) is 0 Å². The molecular formula is C20H18N2O4S. The molecule has 0 radical (unpaired) electrons. The molecule has 0 saturated heterocycles. The van der Waals surface area contributed by atoms with Gasteiger partial charge in [-0.15, -0.1) is 11.3 Å². The molecule has 3 rings (SSSR count). The maximum absolute atomic E-state index is 12.2. The Hall–Kier alpha value is -3.19. The molecule has 0 aliphatic heterocycles. The van der Waals surface area contributed by atoms with E-state index in [4.69, 9.17) is 9.47 Å². The molecule has 6 nitrogen and oxygen atoms in total. The minimum Gasteiger partial charge on any atom is -0.456 e. The van der Waals surface area contributed by atoms with E-state index in [0.29, 0.717) is 23.6 Å². The highest BCUT2D eigenvalue weighted by atomic mass is 32.1. The molecule has 0 atom stereocenters. The molecule has 1 aromatic heterocycles. The maximum atomic E-state index is 12.2. The number of aromatic nitrogens is 1. The highest BCUT2D eigenvalue weighted by molar-refractivity contribution is 7.13. The van der Waals surface area contributed by atoms with Crippen molar-refractivity contribution in [1.82, 2.24) is 4.98 Å². The third-order valence-corrected chi connectivity index (χ3v) is 4.51. The third kappa shape index (κ3) is 5.15. The van der Waals surface area contributed by atoms with Crippen LogP contribution in [0.5, 0.6) is 0 Å². The molecule has 0 unspecified atom stereocenters. The number of ether oxygens (including phenoxy) is 2. The molecule has 27 heavy (non-hydrogen) atoms. The van der Waals surface area contributed by atoms with Crippen LogP contribution in [0.25, 0.3) is 10.6 Å². The molecule has 0 bridgehead atoms. The van der Waals surface area contributed by atoms with Crippen LogP contribution in [0.3, 0.4) is 0 Å². The highest BCUT2D eigenvalue weighted by Gasteiger charge is 2.10. The lowest BCUT2D eigenvalue weighted by Crippen LogP contribution is -2.13. The number of hydrogen-bond donors (Lipinski definition) is 1. The minimum atomic E-state index is -0.537. The Bertz CT molecular complexity index is 907. The lowest BCUT2D eigenvalue weighted by Gasteiger charge is -2.06. The van der Waals surface area contributed by atoms with Crippen LogP contribution in [0.1, 0.15) is 23.0 Å². The molecule has 0 aliphatic carbocycles. The highest BCUT2D eigenvalue weighted by Crippen LogP contribution is 2.23. The molecule has 0 fully saturated rings. The fourth-order valence-electron chi connectivity index (χ4n) is 2.28. The van der Waals surface area contributed by atoms with Gasteiger partial charge in [-0.25, -0.2) is 14.6 Å². The number of anilines is 1. The normalized spacial score (nSPS) is 10.3. The van der Waals surface area contributed by atoms with Gasteiger partial charge in [-0.05, 0) is 31.2 Å². The summed E-state index contributed by atoms with van der Waals surface area (Å²) < 4.78 is 10.1. The van der Waals surface area contributed by atoms with Gasteiger partial charge in [-0.2, -0.15) is 0 Å². The van der Waals surface area contributed by atoms with Crippen LogP contribution < -0.4 is 5.32 Å². The number of carbonyl (C=O) groups excluding carboxylic acids is 2. The maximum Gasteiger partial charge on any atom is 0.411 e. The number of thiazole rings is 1. The average molecular weight is 382 g/mol. The second-order valence-electron chi connectivity index (χ2n) is 5.51. The zero-order chi connectivity index (χ0) is 19.1. The average Bonchev–Trinajstić information content (AvgIpc) is 3.17. The van der Waals surface area contributed by atoms with Gasteiger partial charge in [0.15, 0.2) is 0 Å². The summed E-state index contributed by atoms with van der Waals surface area (Å²) in [5, 5.41) is 5.33. The Kier molecular flexibility index (Phi) is 6.17. The zero-order valence-corrected chi connectivity index (χ0v) is 15.5. The van der Waals surface area contributed by atoms with E-state index in [1.807, 2.05) is 35.7 Å². The van der Waals surface area contributed by atoms with Crippen molar-refractivity contribution in [2.75, 3.05) is 11.9 Å². The Morgan fingerprint density at radius 1 is 1.04 bits per heavy atom. The van der Waals surface area contributed by atoms with E-state index in [2.05, 4.69) is 10.3 Å². The van der Waals surface area contributed by atoms with Crippen molar-refractivity contribution in [3.8, 4) is 10.6 Å². The zero-order valence-electron chi connectivity index (χ0n) is 14.7. The summed E-state index contributed by atoms with van der Waals surface area (Å²) in [5.41, 5.74) is 2.66. The molecule has 1 heterocycles. The number of esters is 1. The molecule has 1 amide bonds. The van der Waals surface area contributed by atoms with Crippen LogP contribution in [0, 0.1) is 0 Å². The Labute approximate surface area is 160 Å². The number of nitrogens with one attached hydrogen (secondary N) is 1. The number of benzene rings is 2. The monoisotopic (exact) mass is 382 g/mol. The number of rotatable bonds is 6. The van der Waals surface area contributed by atoms with E-state index < -0.39 is 12.1 Å². The van der Waals surface area contributed by atoms with Crippen LogP contribution in [0.4, 0.5) is 10.5 Å². The van der Waals surface area contributed by atoms with Crippen molar-refractivity contribution < 1.29 is 19.1 Å². The molecule has 0 aliphatic rings. The first kappa shape index (κ1) is 18.6. The first-order valence-corrected chi connectivity index (χ1v) is 9.24. The van der Waals surface area contributed by atoms with Crippen LogP contribution in [-0.2, 0) is 16.1 Å². The van der Waals surface area contributed by atoms with Crippen molar-refractivity contribution in [1.29, 1.82) is 0 Å². The first-order valence-electron chi connectivity index (χ1n) is 8.36. The van der Waals surface area contributed by atoms with E-state index in [1.165, 1.54) is 11.3 Å². The number of hydrogen-bond acceptors (Lipinski definition) is 6. The molecule has 0 spiro atoms. The number of nitrogens with zero attached hydrogens (tertiary/aromatic N) is 1. The predicted molar refractivity (Wildman–Crippen MR) is 104 cm³/mol. The van der Waals surface area contributed by atoms with E-state index in [-0.39, 0.29) is 6.61 Å². The Morgan fingerprint density at radius 2 is 1.78 bits per heavy atom. The summed E-state index contributed by atoms with van der Waals surface area (Å²) in [4.78, 5) is 28.0. The summed E-state index contributed by atoms with van der Waals surface area (Å²) in [6.45, 7) is 2.12. The predicted octanol–water partition coefficient (Wildman–Crippen LogP) is 4.74. The minimum absolute atomic E-state index is 0.102. The van der Waals surface area contributed by atoms with Crippen molar-refractivity contribution in [2.45, 2.75) is 13.5 Å². The Balaban J connectivity index is 1.55. The topological polar surface area (TPSA) is 77.5 Å². The van der Waals surface area contributed by atoms with Gasteiger partial charge >= 0.3 is 12.1 Å². The van der Waals surface area contributed by atoms with Gasteiger partial charge in [-0.1, -0.05) is 30.3 Å². The van der Waals surface area contributed by atoms with Gasteiger partial charge in [0, 0.05) is 16.6 Å². The molecule has 3 aromatic rings. The molecule has 138 valence electrons. The van der Waals surface area contributed by atoms with Crippen molar-refractivity contribution in [2.24, 2.45) is 0 Å². The lowest BCUT2D eigenvalue weighted by molar-refractivity contribution is 0.0468. The van der Waals surface area contributed by atoms with E-state index in [0.717, 1.165) is 10.6 Å². The second kappa shape index (κ2) is 8.95. The van der Waals surface area contributed by atoms with E-state index >= 15 is 0 Å². The molecule has 2 aromatic carbocycles. The molecule has 7 heteroatoms. The van der Waals surface area contributed by atoms with Gasteiger partial charge in [0.2, 0.25) is 0 Å². The van der Waals surface area contributed by atoms with Crippen molar-refractivity contribution in [3.63, 3.8) is 0 Å². The summed E-state index contributed by atoms with van der Waals surface area (Å²) in [5.74, 6) is -0.452. The summed E-state index contributed by atoms with van der Waals surface area (Å²) in [6, 6.07) is 16.2. The summed E-state index contributed by atoms with van der Waals surface area (Å²) in [6.07, 6.45) is -0.537. The first-order chi connectivity index (χ1) is 13.2. The SMILES string of the molecule is CCOC(=O)Nc1ccc(C(=O)OCc2csc(-c3ccccc3)n2)cc1. The molecule has 1 N–H and O–H groups in total. The van der Waals surface area contributed by atoms with Gasteiger partial charge < -0.3 is 9.47 Å². The lowest BCUT2D eigenvalue weighted by atomic mass is 10.2. The molecular weight excluding hydrogens is 364 g/mol. The van der Waals surface area contributed by atoms with Crippen LogP contribution in [0.2, 0.25) is 0 Å². The van der Waals surface area contributed by atoms with Crippen LogP contribution in [0.15, 0.2) is 60.0 Å². The van der Waals surface area contributed by atoms with Crippen LogP contribution >= 0.6 is 11.3 Å².